The second-order valence-electron chi connectivity index (χ2n) is 4.40. The Balaban J connectivity index is 2.38. The smallest absolute Gasteiger partial charge is 0.119 e. The predicted molar refractivity (Wildman–Crippen MR) is 62.1 cm³/mol. The van der Waals surface area contributed by atoms with E-state index in [9.17, 15) is 0 Å². The van der Waals surface area contributed by atoms with Gasteiger partial charge in [-0.2, -0.15) is 0 Å². The first-order chi connectivity index (χ1) is 7.15. The summed E-state index contributed by atoms with van der Waals surface area (Å²) in [6.45, 7) is 7.17. The van der Waals surface area contributed by atoms with Gasteiger partial charge in [-0.15, -0.1) is 0 Å². The molecule has 2 heteroatoms. The van der Waals surface area contributed by atoms with Crippen LogP contribution in [0.15, 0.2) is 18.2 Å². The molecule has 2 nitrogen and oxygen atoms in total. The van der Waals surface area contributed by atoms with Gasteiger partial charge in [-0.25, -0.2) is 0 Å². The highest BCUT2D eigenvalue weighted by atomic mass is 16.5. The van der Waals surface area contributed by atoms with Crippen LogP contribution in [0.4, 0.5) is 0 Å². The molecule has 0 radical (unpaired) electrons. The van der Waals surface area contributed by atoms with E-state index >= 15 is 0 Å². The van der Waals surface area contributed by atoms with Crippen LogP contribution in [0.25, 0.3) is 0 Å². The van der Waals surface area contributed by atoms with Crippen LogP contribution in [0, 0.1) is 5.92 Å². The number of nitrogens with two attached hydrogens (primary N) is 1. The highest BCUT2D eigenvalue weighted by Gasteiger charge is 2.32. The molecule has 3 unspecified atom stereocenters. The molecule has 1 aliphatic rings. The Morgan fingerprint density at radius 1 is 1.27 bits per heavy atom. The summed E-state index contributed by atoms with van der Waals surface area (Å²) in [5.41, 5.74) is 8.84. The normalized spacial score (nSPS) is 28.9. The second-order valence-corrected chi connectivity index (χ2v) is 4.40. The maximum absolute atomic E-state index is 6.19. The molecule has 0 aromatic heterocycles. The van der Waals surface area contributed by atoms with Gasteiger partial charge in [0.25, 0.3) is 0 Å². The Morgan fingerprint density at radius 2 is 2.00 bits per heavy atom. The third-order valence-corrected chi connectivity index (χ3v) is 3.57. The summed E-state index contributed by atoms with van der Waals surface area (Å²) >= 11 is 0. The third kappa shape index (κ3) is 1.63. The van der Waals surface area contributed by atoms with Crippen molar-refractivity contribution in [3.05, 3.63) is 29.3 Å². The largest absolute Gasteiger partial charge is 0.494 e. The van der Waals surface area contributed by atoms with Gasteiger partial charge in [0.05, 0.1) is 6.61 Å². The summed E-state index contributed by atoms with van der Waals surface area (Å²) in [4.78, 5) is 0. The zero-order chi connectivity index (χ0) is 11.0. The monoisotopic (exact) mass is 205 g/mol. The van der Waals surface area contributed by atoms with Gasteiger partial charge in [0, 0.05) is 6.04 Å². The van der Waals surface area contributed by atoms with Crippen molar-refractivity contribution in [1.29, 1.82) is 0 Å². The van der Waals surface area contributed by atoms with E-state index in [1.54, 1.807) is 0 Å². The van der Waals surface area contributed by atoms with Gasteiger partial charge in [0.15, 0.2) is 0 Å². The fraction of sp³-hybridized carbons (Fsp3) is 0.538. The van der Waals surface area contributed by atoms with Gasteiger partial charge in [-0.05, 0) is 42.0 Å². The third-order valence-electron chi connectivity index (χ3n) is 3.57. The van der Waals surface area contributed by atoms with Crippen LogP contribution < -0.4 is 10.5 Å². The Morgan fingerprint density at radius 3 is 2.67 bits per heavy atom. The number of ether oxygens (including phenoxy) is 1. The lowest BCUT2D eigenvalue weighted by Gasteiger charge is -2.13. The van der Waals surface area contributed by atoms with Gasteiger partial charge in [0.1, 0.15) is 5.75 Å². The summed E-state index contributed by atoms with van der Waals surface area (Å²) in [6, 6.07) is 6.47. The zero-order valence-electron chi connectivity index (χ0n) is 9.66. The number of benzene rings is 1. The summed E-state index contributed by atoms with van der Waals surface area (Å²) in [5, 5.41) is 0. The Kier molecular flexibility index (Phi) is 2.70. The minimum atomic E-state index is 0.162. The van der Waals surface area contributed by atoms with Crippen LogP contribution in [0.2, 0.25) is 0 Å². The fourth-order valence-corrected chi connectivity index (χ4v) is 2.39. The molecule has 2 rings (SSSR count). The van der Waals surface area contributed by atoms with E-state index in [-0.39, 0.29) is 6.04 Å². The molecular formula is C13H19NO. The Labute approximate surface area is 91.4 Å². The van der Waals surface area contributed by atoms with E-state index < -0.39 is 0 Å². The highest BCUT2D eigenvalue weighted by Crippen LogP contribution is 2.44. The molecule has 0 aliphatic heterocycles. The van der Waals surface area contributed by atoms with Gasteiger partial charge >= 0.3 is 0 Å². The van der Waals surface area contributed by atoms with Crippen molar-refractivity contribution in [3.63, 3.8) is 0 Å². The van der Waals surface area contributed by atoms with E-state index in [0.29, 0.717) is 18.4 Å². The first-order valence-electron chi connectivity index (χ1n) is 5.67. The second kappa shape index (κ2) is 3.86. The topological polar surface area (TPSA) is 35.2 Å². The first-order valence-corrected chi connectivity index (χ1v) is 5.67. The maximum Gasteiger partial charge on any atom is 0.119 e. The summed E-state index contributed by atoms with van der Waals surface area (Å²) < 4.78 is 5.49. The molecule has 15 heavy (non-hydrogen) atoms. The number of hydrogen-bond donors (Lipinski definition) is 1. The minimum Gasteiger partial charge on any atom is -0.494 e. The molecule has 0 spiro atoms. The van der Waals surface area contributed by atoms with E-state index in [2.05, 4.69) is 26.0 Å². The molecule has 0 saturated heterocycles. The van der Waals surface area contributed by atoms with Crippen molar-refractivity contribution in [3.8, 4) is 5.75 Å². The van der Waals surface area contributed by atoms with Gasteiger partial charge < -0.3 is 10.5 Å². The van der Waals surface area contributed by atoms with Gasteiger partial charge in [0.2, 0.25) is 0 Å². The van der Waals surface area contributed by atoms with Crippen molar-refractivity contribution in [2.75, 3.05) is 6.61 Å². The zero-order valence-corrected chi connectivity index (χ0v) is 9.66. The number of fused-ring (bicyclic) bond motifs is 1. The van der Waals surface area contributed by atoms with Crippen molar-refractivity contribution in [1.82, 2.24) is 0 Å². The van der Waals surface area contributed by atoms with Crippen LogP contribution >= 0.6 is 0 Å². The SMILES string of the molecule is CCOc1ccc2c(c1)C(N)C(C)C2C. The van der Waals surface area contributed by atoms with Crippen LogP contribution in [-0.2, 0) is 0 Å². The molecule has 82 valence electrons. The molecule has 1 aliphatic carbocycles. The lowest BCUT2D eigenvalue weighted by atomic mass is 9.95. The van der Waals surface area contributed by atoms with Crippen LogP contribution in [-0.4, -0.2) is 6.61 Å². The van der Waals surface area contributed by atoms with Crippen molar-refractivity contribution in [2.45, 2.75) is 32.7 Å². The maximum atomic E-state index is 6.19. The van der Waals surface area contributed by atoms with Crippen LogP contribution in [0.3, 0.4) is 0 Å². The van der Waals surface area contributed by atoms with Gasteiger partial charge in [-0.3, -0.25) is 0 Å². The average molecular weight is 205 g/mol. The predicted octanol–water partition coefficient (Wildman–Crippen LogP) is 2.84. The van der Waals surface area contributed by atoms with Gasteiger partial charge in [-0.1, -0.05) is 19.9 Å². The quantitative estimate of drug-likeness (QED) is 0.805. The molecule has 3 atom stereocenters. The van der Waals surface area contributed by atoms with Crippen molar-refractivity contribution < 1.29 is 4.74 Å². The lowest BCUT2D eigenvalue weighted by molar-refractivity contribution is 0.339. The molecule has 0 bridgehead atoms. The van der Waals surface area contributed by atoms with Crippen LogP contribution in [0.1, 0.15) is 43.9 Å². The molecule has 0 amide bonds. The van der Waals surface area contributed by atoms with E-state index in [1.807, 2.05) is 13.0 Å². The molecule has 1 aromatic carbocycles. The summed E-state index contributed by atoms with van der Waals surface area (Å²) in [5.74, 6) is 2.02. The van der Waals surface area contributed by atoms with E-state index in [4.69, 9.17) is 10.5 Å². The molecule has 2 N–H and O–H groups in total. The van der Waals surface area contributed by atoms with Crippen LogP contribution in [0.5, 0.6) is 5.75 Å². The van der Waals surface area contributed by atoms with E-state index in [1.165, 1.54) is 11.1 Å². The number of hydrogen-bond acceptors (Lipinski definition) is 2. The lowest BCUT2D eigenvalue weighted by Crippen LogP contribution is -2.15. The fourth-order valence-electron chi connectivity index (χ4n) is 2.39. The average Bonchev–Trinajstić information content (AvgIpc) is 2.45. The molecule has 0 saturated carbocycles. The molecule has 0 fully saturated rings. The highest BCUT2D eigenvalue weighted by molar-refractivity contribution is 5.43. The Hall–Kier alpha value is -1.02. The number of rotatable bonds is 2. The standard InChI is InChI=1S/C13H19NO/c1-4-15-10-5-6-11-8(2)9(3)13(14)12(11)7-10/h5-9,13H,4,14H2,1-3H3. The minimum absolute atomic E-state index is 0.162. The summed E-state index contributed by atoms with van der Waals surface area (Å²) in [6.07, 6.45) is 0. The molecule has 0 heterocycles. The molecule has 1 aromatic rings. The van der Waals surface area contributed by atoms with Crippen molar-refractivity contribution in [2.24, 2.45) is 11.7 Å². The Bertz CT molecular complexity index is 362. The van der Waals surface area contributed by atoms with Crippen molar-refractivity contribution >= 4 is 0 Å². The summed E-state index contributed by atoms with van der Waals surface area (Å²) in [7, 11) is 0. The van der Waals surface area contributed by atoms with E-state index in [0.717, 1.165) is 5.75 Å². The molecular weight excluding hydrogens is 186 g/mol. The first kappa shape index (κ1) is 10.5.